The van der Waals surface area contributed by atoms with Gasteiger partial charge in [-0.2, -0.15) is 0 Å². The van der Waals surface area contributed by atoms with Crippen LogP contribution in [0.25, 0.3) is 0 Å². The lowest BCUT2D eigenvalue weighted by Gasteiger charge is -2.27. The van der Waals surface area contributed by atoms with Crippen LogP contribution in [0, 0.1) is 5.41 Å². The molecule has 0 unspecified atom stereocenters. The molecule has 0 spiro atoms. The third-order valence-corrected chi connectivity index (χ3v) is 2.89. The topological polar surface area (TPSA) is 0 Å². The summed E-state index contributed by atoms with van der Waals surface area (Å²) < 4.78 is 0. The maximum absolute atomic E-state index is 2.34. The zero-order valence-electron chi connectivity index (χ0n) is 11.6. The fraction of sp³-hybridized carbons (Fsp3) is 0.714. The van der Waals surface area contributed by atoms with Crippen LogP contribution in [0.5, 0.6) is 0 Å². The van der Waals surface area contributed by atoms with Crippen molar-refractivity contribution in [2.75, 3.05) is 0 Å². The molecule has 0 nitrogen and oxygen atoms in total. The average Bonchev–Trinajstić information content (AvgIpc) is 2.09. The Labute approximate surface area is 96.9 Å². The highest BCUT2D eigenvalue weighted by Crippen LogP contribution is 2.30. The van der Waals surface area contributed by atoms with Gasteiger partial charge in [-0.05, 0) is 19.3 Å². The molecule has 0 amide bonds. The van der Waals surface area contributed by atoms with Crippen LogP contribution in [0.4, 0.5) is 0 Å². The van der Waals surface area contributed by atoms with Crippen LogP contribution in [-0.4, -0.2) is 6.71 Å². The Morgan fingerprint density at radius 3 is 1.73 bits per heavy atom. The van der Waals surface area contributed by atoms with Gasteiger partial charge in [0.05, 0.1) is 0 Å². The van der Waals surface area contributed by atoms with Crippen molar-refractivity contribution < 1.29 is 0 Å². The summed E-state index contributed by atoms with van der Waals surface area (Å²) in [5, 5.41) is 0. The van der Waals surface area contributed by atoms with Gasteiger partial charge in [0, 0.05) is 0 Å². The second-order valence-corrected chi connectivity index (χ2v) is 5.63. The van der Waals surface area contributed by atoms with Crippen molar-refractivity contribution >= 4 is 6.71 Å². The summed E-state index contributed by atoms with van der Waals surface area (Å²) >= 11 is 0. The molecule has 0 atom stereocenters. The highest BCUT2D eigenvalue weighted by Gasteiger charge is 2.24. The standard InChI is InChI=1S/C14H27B/c1-8-15(9-2)13(14(5,6)7)11-10-12(3)4/h10-11H,8-9H2,1-7H3/b13-11+. The van der Waals surface area contributed by atoms with Gasteiger partial charge >= 0.3 is 0 Å². The van der Waals surface area contributed by atoms with Gasteiger partial charge in [0.25, 0.3) is 0 Å². The number of rotatable bonds is 4. The van der Waals surface area contributed by atoms with Crippen LogP contribution in [0.15, 0.2) is 23.2 Å². The van der Waals surface area contributed by atoms with Crippen molar-refractivity contribution in [2.45, 2.75) is 61.1 Å². The summed E-state index contributed by atoms with van der Waals surface area (Å²) in [6.45, 7) is 16.6. The van der Waals surface area contributed by atoms with Gasteiger partial charge in [0.1, 0.15) is 0 Å². The fourth-order valence-electron chi connectivity index (χ4n) is 1.98. The maximum atomic E-state index is 2.34. The Bertz CT molecular complexity index is 233. The van der Waals surface area contributed by atoms with Crippen molar-refractivity contribution in [2.24, 2.45) is 5.41 Å². The SMILES string of the molecule is CCB(CC)/C(=C/C=C(C)C)C(C)(C)C. The summed E-state index contributed by atoms with van der Waals surface area (Å²) in [6, 6.07) is 0. The van der Waals surface area contributed by atoms with E-state index in [4.69, 9.17) is 0 Å². The second-order valence-electron chi connectivity index (χ2n) is 5.63. The first-order chi connectivity index (χ1) is 6.82. The Morgan fingerprint density at radius 2 is 1.47 bits per heavy atom. The highest BCUT2D eigenvalue weighted by molar-refractivity contribution is 6.66. The van der Waals surface area contributed by atoms with Crippen molar-refractivity contribution in [1.29, 1.82) is 0 Å². The van der Waals surface area contributed by atoms with E-state index in [9.17, 15) is 0 Å². The third-order valence-electron chi connectivity index (χ3n) is 2.89. The number of hydrogen-bond acceptors (Lipinski definition) is 0. The smallest absolute Gasteiger partial charge is 0.0959 e. The van der Waals surface area contributed by atoms with E-state index in [0.717, 1.165) is 6.71 Å². The molecule has 0 aliphatic rings. The lowest BCUT2D eigenvalue weighted by molar-refractivity contribution is 0.526. The van der Waals surface area contributed by atoms with E-state index in [2.05, 4.69) is 60.6 Å². The molecule has 0 saturated heterocycles. The summed E-state index contributed by atoms with van der Waals surface area (Å²) in [5.41, 5.74) is 3.26. The molecule has 15 heavy (non-hydrogen) atoms. The summed E-state index contributed by atoms with van der Waals surface area (Å²) in [5.74, 6) is 0. The third kappa shape index (κ3) is 5.25. The molecule has 0 aliphatic carbocycles. The molecular weight excluding hydrogens is 179 g/mol. The van der Waals surface area contributed by atoms with Crippen LogP contribution in [0.3, 0.4) is 0 Å². The summed E-state index contributed by atoms with van der Waals surface area (Å²) in [6.07, 6.45) is 7.08. The molecule has 0 radical (unpaired) electrons. The Morgan fingerprint density at radius 1 is 1.00 bits per heavy atom. The normalized spacial score (nSPS) is 12.6. The van der Waals surface area contributed by atoms with Gasteiger partial charge in [-0.3, -0.25) is 0 Å². The zero-order valence-corrected chi connectivity index (χ0v) is 11.6. The van der Waals surface area contributed by atoms with E-state index in [1.165, 1.54) is 18.2 Å². The minimum absolute atomic E-state index is 0.294. The predicted molar refractivity (Wildman–Crippen MR) is 73.7 cm³/mol. The summed E-state index contributed by atoms with van der Waals surface area (Å²) in [7, 11) is 0. The molecule has 0 bridgehead atoms. The molecule has 0 fully saturated rings. The van der Waals surface area contributed by atoms with Crippen molar-refractivity contribution in [1.82, 2.24) is 0 Å². The van der Waals surface area contributed by atoms with Crippen LogP contribution >= 0.6 is 0 Å². The van der Waals surface area contributed by atoms with E-state index in [-0.39, 0.29) is 0 Å². The molecule has 0 rings (SSSR count). The monoisotopic (exact) mass is 206 g/mol. The minimum Gasteiger partial charge on any atom is -0.0959 e. The molecule has 86 valence electrons. The van der Waals surface area contributed by atoms with Gasteiger partial charge in [0.2, 0.25) is 0 Å². The van der Waals surface area contributed by atoms with Gasteiger partial charge < -0.3 is 0 Å². The maximum Gasteiger partial charge on any atom is 0.170 e. The molecule has 0 aromatic rings. The Balaban J connectivity index is 5.05. The van der Waals surface area contributed by atoms with E-state index in [0.29, 0.717) is 5.41 Å². The van der Waals surface area contributed by atoms with Crippen molar-refractivity contribution in [3.63, 3.8) is 0 Å². The first kappa shape index (κ1) is 14.5. The van der Waals surface area contributed by atoms with Crippen LogP contribution < -0.4 is 0 Å². The fourth-order valence-corrected chi connectivity index (χ4v) is 1.98. The highest BCUT2D eigenvalue weighted by atomic mass is 14.2. The van der Waals surface area contributed by atoms with E-state index >= 15 is 0 Å². The lowest BCUT2D eigenvalue weighted by Crippen LogP contribution is -2.24. The van der Waals surface area contributed by atoms with Crippen molar-refractivity contribution in [3.05, 3.63) is 23.2 Å². The zero-order chi connectivity index (χ0) is 12.1. The molecular formula is C14H27B. The molecule has 0 N–H and O–H groups in total. The van der Waals surface area contributed by atoms with E-state index in [1.807, 2.05) is 0 Å². The van der Waals surface area contributed by atoms with Crippen LogP contribution in [-0.2, 0) is 0 Å². The molecule has 1 heteroatoms. The number of allylic oxidation sites excluding steroid dienone is 4. The van der Waals surface area contributed by atoms with Crippen LogP contribution in [0.2, 0.25) is 12.6 Å². The molecule has 0 aliphatic heterocycles. The molecule has 0 heterocycles. The first-order valence-corrected chi connectivity index (χ1v) is 6.18. The van der Waals surface area contributed by atoms with Gasteiger partial charge in [0.15, 0.2) is 6.71 Å². The van der Waals surface area contributed by atoms with Crippen LogP contribution in [0.1, 0.15) is 48.5 Å². The first-order valence-electron chi connectivity index (χ1n) is 6.18. The van der Waals surface area contributed by atoms with E-state index in [1.54, 1.807) is 5.47 Å². The predicted octanol–water partition coefficient (Wildman–Crippen LogP) is 5.00. The van der Waals surface area contributed by atoms with Gasteiger partial charge in [-0.1, -0.05) is 70.5 Å². The largest absolute Gasteiger partial charge is 0.170 e. The van der Waals surface area contributed by atoms with E-state index < -0.39 is 0 Å². The minimum atomic E-state index is 0.294. The lowest BCUT2D eigenvalue weighted by atomic mass is 9.36. The Hall–Kier alpha value is -0.455. The average molecular weight is 206 g/mol. The molecule has 0 aromatic heterocycles. The molecule has 0 saturated carbocycles. The number of hydrogen-bond donors (Lipinski definition) is 0. The van der Waals surface area contributed by atoms with Crippen molar-refractivity contribution in [3.8, 4) is 0 Å². The molecule has 0 aromatic carbocycles. The summed E-state index contributed by atoms with van der Waals surface area (Å²) in [4.78, 5) is 0. The second kappa shape index (κ2) is 6.20. The Kier molecular flexibility index (Phi) is 6.01. The van der Waals surface area contributed by atoms with Gasteiger partial charge in [-0.25, -0.2) is 0 Å². The quantitative estimate of drug-likeness (QED) is 0.448. The van der Waals surface area contributed by atoms with Gasteiger partial charge in [-0.15, -0.1) is 0 Å².